The summed E-state index contributed by atoms with van der Waals surface area (Å²) in [5.41, 5.74) is 0.798. The third-order valence-corrected chi connectivity index (χ3v) is 6.59. The SMILES string of the molecule is O=C(/C=C/c1ccc(F)cc1)N1CCN(CC(=O)N2CCN(C3CCC3)CC2)CC1. The van der Waals surface area contributed by atoms with Crippen molar-refractivity contribution in [3.8, 4) is 0 Å². The number of halogens is 1. The van der Waals surface area contributed by atoms with E-state index in [0.29, 0.717) is 32.7 Å². The van der Waals surface area contributed by atoms with Gasteiger partial charge in [-0.1, -0.05) is 18.6 Å². The van der Waals surface area contributed by atoms with Crippen molar-refractivity contribution < 1.29 is 14.0 Å². The first-order chi connectivity index (χ1) is 14.6. The Hall–Kier alpha value is -2.25. The number of carbonyl (C=O) groups excluding carboxylic acids is 2. The molecule has 1 aliphatic carbocycles. The molecule has 0 unspecified atom stereocenters. The molecule has 0 radical (unpaired) electrons. The molecule has 7 heteroatoms. The molecule has 1 aromatic carbocycles. The molecule has 3 aliphatic rings. The quantitative estimate of drug-likeness (QED) is 0.688. The lowest BCUT2D eigenvalue weighted by Gasteiger charge is -2.43. The Balaban J connectivity index is 1.17. The zero-order valence-electron chi connectivity index (χ0n) is 17.5. The number of piperazine rings is 2. The van der Waals surface area contributed by atoms with E-state index in [9.17, 15) is 14.0 Å². The number of benzene rings is 1. The van der Waals surface area contributed by atoms with Gasteiger partial charge in [0.05, 0.1) is 6.54 Å². The first-order valence-corrected chi connectivity index (χ1v) is 11.1. The molecule has 0 aromatic heterocycles. The van der Waals surface area contributed by atoms with Crippen LogP contribution in [0.3, 0.4) is 0 Å². The van der Waals surface area contributed by atoms with E-state index in [2.05, 4.69) is 9.80 Å². The molecule has 1 saturated carbocycles. The first kappa shape index (κ1) is 21.0. The molecule has 2 saturated heterocycles. The van der Waals surface area contributed by atoms with E-state index in [1.807, 2.05) is 4.90 Å². The lowest BCUT2D eigenvalue weighted by Crippen LogP contribution is -2.56. The van der Waals surface area contributed by atoms with Crippen LogP contribution in [-0.4, -0.2) is 96.4 Å². The van der Waals surface area contributed by atoms with Gasteiger partial charge < -0.3 is 9.80 Å². The predicted molar refractivity (Wildman–Crippen MR) is 114 cm³/mol. The van der Waals surface area contributed by atoms with Crippen LogP contribution in [0.15, 0.2) is 30.3 Å². The highest BCUT2D eigenvalue weighted by Crippen LogP contribution is 2.25. The highest BCUT2D eigenvalue weighted by Gasteiger charge is 2.30. The Kier molecular flexibility index (Phi) is 6.79. The standard InChI is InChI=1S/C23H31FN4O2/c24-20-7-4-19(5-8-20)6-9-22(29)27-12-10-25(11-13-27)18-23(30)28-16-14-26(15-17-28)21-2-1-3-21/h4-9,21H,1-3,10-18H2/b9-6+. The molecule has 2 aliphatic heterocycles. The summed E-state index contributed by atoms with van der Waals surface area (Å²) < 4.78 is 13.0. The monoisotopic (exact) mass is 414 g/mol. The largest absolute Gasteiger partial charge is 0.339 e. The van der Waals surface area contributed by atoms with E-state index in [1.165, 1.54) is 37.5 Å². The molecular formula is C23H31FN4O2. The number of nitrogens with zero attached hydrogens (tertiary/aromatic N) is 4. The fraction of sp³-hybridized carbons (Fsp3) is 0.565. The van der Waals surface area contributed by atoms with Gasteiger partial charge in [-0.15, -0.1) is 0 Å². The van der Waals surface area contributed by atoms with Gasteiger partial charge in [0, 0.05) is 64.5 Å². The summed E-state index contributed by atoms with van der Waals surface area (Å²) in [6, 6.07) is 6.81. The maximum absolute atomic E-state index is 13.0. The van der Waals surface area contributed by atoms with Gasteiger partial charge in [-0.05, 0) is 36.6 Å². The molecular weight excluding hydrogens is 383 g/mol. The smallest absolute Gasteiger partial charge is 0.246 e. The summed E-state index contributed by atoms with van der Waals surface area (Å²) in [5, 5.41) is 0. The zero-order valence-corrected chi connectivity index (χ0v) is 17.5. The summed E-state index contributed by atoms with van der Waals surface area (Å²) in [5.74, 6) is -0.124. The van der Waals surface area contributed by atoms with Crippen LogP contribution in [0.5, 0.6) is 0 Å². The second-order valence-corrected chi connectivity index (χ2v) is 8.49. The average molecular weight is 415 g/mol. The van der Waals surface area contributed by atoms with Gasteiger partial charge >= 0.3 is 0 Å². The molecule has 6 nitrogen and oxygen atoms in total. The van der Waals surface area contributed by atoms with Crippen molar-refractivity contribution in [2.45, 2.75) is 25.3 Å². The summed E-state index contributed by atoms with van der Waals surface area (Å²) in [6.45, 7) is 6.78. The Morgan fingerprint density at radius 3 is 2.13 bits per heavy atom. The van der Waals surface area contributed by atoms with Crippen LogP contribution in [0, 0.1) is 5.82 Å². The van der Waals surface area contributed by atoms with Crippen LogP contribution in [-0.2, 0) is 9.59 Å². The highest BCUT2D eigenvalue weighted by molar-refractivity contribution is 5.91. The predicted octanol–water partition coefficient (Wildman–Crippen LogP) is 1.68. The number of hydrogen-bond donors (Lipinski definition) is 0. The zero-order chi connectivity index (χ0) is 20.9. The molecule has 0 spiro atoms. The van der Waals surface area contributed by atoms with E-state index in [1.54, 1.807) is 23.1 Å². The molecule has 2 heterocycles. The van der Waals surface area contributed by atoms with Gasteiger partial charge in [-0.2, -0.15) is 0 Å². The molecule has 30 heavy (non-hydrogen) atoms. The van der Waals surface area contributed by atoms with Crippen molar-refractivity contribution in [3.63, 3.8) is 0 Å². The molecule has 3 fully saturated rings. The maximum atomic E-state index is 13.0. The van der Waals surface area contributed by atoms with Crippen LogP contribution in [0.25, 0.3) is 6.08 Å². The molecule has 0 bridgehead atoms. The minimum atomic E-state index is -0.288. The normalized spacial score (nSPS) is 21.8. The van der Waals surface area contributed by atoms with Crippen LogP contribution in [0.4, 0.5) is 4.39 Å². The van der Waals surface area contributed by atoms with E-state index < -0.39 is 0 Å². The first-order valence-electron chi connectivity index (χ1n) is 11.1. The van der Waals surface area contributed by atoms with Crippen LogP contribution >= 0.6 is 0 Å². The van der Waals surface area contributed by atoms with E-state index >= 15 is 0 Å². The van der Waals surface area contributed by atoms with Gasteiger partial charge in [0.15, 0.2) is 0 Å². The number of carbonyl (C=O) groups is 2. The molecule has 0 N–H and O–H groups in total. The summed E-state index contributed by atoms with van der Waals surface area (Å²) in [7, 11) is 0. The van der Waals surface area contributed by atoms with Gasteiger partial charge in [0.1, 0.15) is 5.82 Å². The van der Waals surface area contributed by atoms with Gasteiger partial charge in [-0.25, -0.2) is 4.39 Å². The van der Waals surface area contributed by atoms with Crippen molar-refractivity contribution in [1.82, 2.24) is 19.6 Å². The van der Waals surface area contributed by atoms with Crippen molar-refractivity contribution in [2.75, 3.05) is 58.9 Å². The average Bonchev–Trinajstić information content (AvgIpc) is 2.73. The third kappa shape index (κ3) is 5.26. The summed E-state index contributed by atoms with van der Waals surface area (Å²) in [4.78, 5) is 33.6. The topological polar surface area (TPSA) is 47.1 Å². The van der Waals surface area contributed by atoms with Crippen molar-refractivity contribution in [1.29, 1.82) is 0 Å². The van der Waals surface area contributed by atoms with Gasteiger partial charge in [-0.3, -0.25) is 19.4 Å². The molecule has 0 atom stereocenters. The lowest BCUT2D eigenvalue weighted by atomic mass is 9.91. The van der Waals surface area contributed by atoms with Crippen molar-refractivity contribution in [2.24, 2.45) is 0 Å². The van der Waals surface area contributed by atoms with Crippen LogP contribution < -0.4 is 0 Å². The molecule has 4 rings (SSSR count). The Bertz CT molecular complexity index is 762. The van der Waals surface area contributed by atoms with Gasteiger partial charge in [0.2, 0.25) is 11.8 Å². The molecule has 1 aromatic rings. The van der Waals surface area contributed by atoms with Crippen LogP contribution in [0.1, 0.15) is 24.8 Å². The van der Waals surface area contributed by atoms with E-state index in [4.69, 9.17) is 0 Å². The minimum Gasteiger partial charge on any atom is -0.339 e. The van der Waals surface area contributed by atoms with E-state index in [-0.39, 0.29) is 17.6 Å². The van der Waals surface area contributed by atoms with Crippen LogP contribution in [0.2, 0.25) is 0 Å². The Morgan fingerprint density at radius 1 is 0.900 bits per heavy atom. The Morgan fingerprint density at radius 2 is 1.53 bits per heavy atom. The summed E-state index contributed by atoms with van der Waals surface area (Å²) in [6.07, 6.45) is 7.23. The van der Waals surface area contributed by atoms with E-state index in [0.717, 1.165) is 37.8 Å². The molecule has 162 valence electrons. The number of rotatable bonds is 5. The highest BCUT2D eigenvalue weighted by atomic mass is 19.1. The minimum absolute atomic E-state index is 0.0441. The number of amides is 2. The number of hydrogen-bond acceptors (Lipinski definition) is 4. The second-order valence-electron chi connectivity index (χ2n) is 8.49. The fourth-order valence-electron chi connectivity index (χ4n) is 4.35. The Labute approximate surface area is 177 Å². The van der Waals surface area contributed by atoms with Gasteiger partial charge in [0.25, 0.3) is 0 Å². The maximum Gasteiger partial charge on any atom is 0.246 e. The van der Waals surface area contributed by atoms with Crippen molar-refractivity contribution in [3.05, 3.63) is 41.7 Å². The fourth-order valence-corrected chi connectivity index (χ4v) is 4.35. The lowest BCUT2D eigenvalue weighted by molar-refractivity contribution is -0.135. The van der Waals surface area contributed by atoms with Crippen molar-refractivity contribution >= 4 is 17.9 Å². The summed E-state index contributed by atoms with van der Waals surface area (Å²) >= 11 is 0. The third-order valence-electron chi connectivity index (χ3n) is 6.59. The second kappa shape index (κ2) is 9.71. The molecule has 2 amide bonds.